The first kappa shape index (κ1) is 16.9. The van der Waals surface area contributed by atoms with Crippen molar-refractivity contribution in [2.24, 2.45) is 11.3 Å². The summed E-state index contributed by atoms with van der Waals surface area (Å²) in [4.78, 5) is 22.8. The van der Waals surface area contributed by atoms with Gasteiger partial charge in [-0.1, -0.05) is 39.5 Å². The third-order valence-electron chi connectivity index (χ3n) is 3.44. The van der Waals surface area contributed by atoms with E-state index in [1.807, 2.05) is 6.92 Å². The number of carbonyl (C=O) groups is 2. The van der Waals surface area contributed by atoms with E-state index in [4.69, 9.17) is 9.84 Å². The molecule has 2 atom stereocenters. The highest BCUT2D eigenvalue weighted by atomic mass is 16.5. The van der Waals surface area contributed by atoms with Gasteiger partial charge in [0.05, 0.1) is 18.4 Å². The predicted molar refractivity (Wildman–Crippen MR) is 70.3 cm³/mol. The lowest BCUT2D eigenvalue weighted by Gasteiger charge is -2.28. The first-order valence-electron chi connectivity index (χ1n) is 6.68. The number of rotatable bonds is 9. The van der Waals surface area contributed by atoms with E-state index in [0.717, 1.165) is 25.7 Å². The molecule has 106 valence electrons. The van der Waals surface area contributed by atoms with E-state index in [1.54, 1.807) is 6.92 Å². The molecule has 1 N–H and O–H groups in total. The van der Waals surface area contributed by atoms with E-state index < -0.39 is 17.3 Å². The Morgan fingerprint density at radius 3 is 2.33 bits per heavy atom. The smallest absolute Gasteiger partial charge is 0.311 e. The predicted octanol–water partition coefficient (Wildman–Crippen LogP) is 3.25. The quantitative estimate of drug-likeness (QED) is 0.509. The minimum Gasteiger partial charge on any atom is -0.481 e. The average Bonchev–Trinajstić information content (AvgIpc) is 2.33. The number of unbranched alkanes of at least 4 members (excludes halogenated alkanes) is 3. The lowest BCUT2D eigenvalue weighted by atomic mass is 9.77. The lowest BCUT2D eigenvalue weighted by molar-refractivity contribution is -0.155. The van der Waals surface area contributed by atoms with Crippen LogP contribution in [0.1, 0.15) is 59.3 Å². The maximum Gasteiger partial charge on any atom is 0.311 e. The molecule has 0 fully saturated rings. The van der Waals surface area contributed by atoms with Crippen molar-refractivity contribution in [3.05, 3.63) is 0 Å². The third-order valence-corrected chi connectivity index (χ3v) is 3.44. The van der Waals surface area contributed by atoms with Crippen LogP contribution in [0, 0.1) is 11.3 Å². The van der Waals surface area contributed by atoms with Crippen LogP contribution >= 0.6 is 0 Å². The van der Waals surface area contributed by atoms with Crippen LogP contribution in [0.4, 0.5) is 0 Å². The van der Waals surface area contributed by atoms with E-state index in [2.05, 4.69) is 6.92 Å². The molecule has 0 heterocycles. The third kappa shape index (κ3) is 5.52. The van der Waals surface area contributed by atoms with Gasteiger partial charge in [-0.2, -0.15) is 0 Å². The van der Waals surface area contributed by atoms with Crippen LogP contribution < -0.4 is 0 Å². The van der Waals surface area contributed by atoms with Crippen LogP contribution in [0.5, 0.6) is 0 Å². The van der Waals surface area contributed by atoms with Gasteiger partial charge in [-0.15, -0.1) is 0 Å². The van der Waals surface area contributed by atoms with Crippen LogP contribution in [0.2, 0.25) is 0 Å². The summed E-state index contributed by atoms with van der Waals surface area (Å²) < 4.78 is 4.82. The summed E-state index contributed by atoms with van der Waals surface area (Å²) in [5.41, 5.74) is -0.680. The molecule has 0 rings (SSSR count). The molecule has 0 aromatic rings. The van der Waals surface area contributed by atoms with E-state index in [0.29, 0.717) is 12.8 Å². The zero-order valence-corrected chi connectivity index (χ0v) is 12.0. The van der Waals surface area contributed by atoms with Crippen LogP contribution in [0.3, 0.4) is 0 Å². The second-order valence-corrected chi connectivity index (χ2v) is 5.31. The zero-order valence-electron chi connectivity index (χ0n) is 12.0. The molecule has 0 aromatic heterocycles. The van der Waals surface area contributed by atoms with Crippen molar-refractivity contribution in [2.45, 2.75) is 59.3 Å². The fraction of sp³-hybridized carbons (Fsp3) is 0.857. The van der Waals surface area contributed by atoms with Crippen molar-refractivity contribution in [2.75, 3.05) is 7.11 Å². The number of hydrogen-bond donors (Lipinski definition) is 1. The second-order valence-electron chi connectivity index (χ2n) is 5.31. The molecule has 0 aliphatic heterocycles. The first-order valence-corrected chi connectivity index (χ1v) is 6.68. The van der Waals surface area contributed by atoms with E-state index in [1.165, 1.54) is 7.11 Å². The Bertz CT molecular complexity index is 275. The maximum absolute atomic E-state index is 11.8. The van der Waals surface area contributed by atoms with Crippen molar-refractivity contribution in [3.8, 4) is 0 Å². The number of carbonyl (C=O) groups excluding carboxylic acids is 1. The van der Waals surface area contributed by atoms with Crippen LogP contribution in [-0.2, 0) is 14.3 Å². The average molecular weight is 258 g/mol. The molecule has 4 heteroatoms. The molecule has 18 heavy (non-hydrogen) atoms. The number of ether oxygens (including phenoxy) is 1. The van der Waals surface area contributed by atoms with Crippen LogP contribution in [0.25, 0.3) is 0 Å². The fourth-order valence-electron chi connectivity index (χ4n) is 2.24. The van der Waals surface area contributed by atoms with Gasteiger partial charge in [0.2, 0.25) is 0 Å². The molecule has 0 saturated carbocycles. The van der Waals surface area contributed by atoms with Crippen molar-refractivity contribution in [1.29, 1.82) is 0 Å². The zero-order chi connectivity index (χ0) is 14.2. The second kappa shape index (κ2) is 8.11. The number of carboxylic acids is 1. The number of hydrogen-bond acceptors (Lipinski definition) is 3. The molecule has 0 aliphatic carbocycles. The van der Waals surface area contributed by atoms with E-state index in [-0.39, 0.29) is 5.97 Å². The molecule has 0 aliphatic rings. The van der Waals surface area contributed by atoms with Crippen molar-refractivity contribution >= 4 is 11.9 Å². The Morgan fingerprint density at radius 2 is 1.89 bits per heavy atom. The Labute approximate surface area is 110 Å². The monoisotopic (exact) mass is 258 g/mol. The summed E-state index contributed by atoms with van der Waals surface area (Å²) in [5.74, 6) is -1.69. The van der Waals surface area contributed by atoms with Gasteiger partial charge in [-0.05, 0) is 19.8 Å². The summed E-state index contributed by atoms with van der Waals surface area (Å²) in [6.45, 7) is 5.58. The summed E-state index contributed by atoms with van der Waals surface area (Å²) in [7, 11) is 1.36. The van der Waals surface area contributed by atoms with Crippen LogP contribution in [-0.4, -0.2) is 24.2 Å². The molecule has 0 radical (unpaired) electrons. The molecule has 4 nitrogen and oxygen atoms in total. The molecular weight excluding hydrogens is 232 g/mol. The highest BCUT2D eigenvalue weighted by Gasteiger charge is 2.36. The normalized spacial score (nSPS) is 15.8. The van der Waals surface area contributed by atoms with Gasteiger partial charge in [0, 0.05) is 0 Å². The Hall–Kier alpha value is -1.06. The molecule has 0 aromatic carbocycles. The summed E-state index contributed by atoms with van der Waals surface area (Å²) in [5, 5.41) is 8.96. The molecule has 0 bridgehead atoms. The maximum atomic E-state index is 11.8. The fourth-order valence-corrected chi connectivity index (χ4v) is 2.24. The van der Waals surface area contributed by atoms with Gasteiger partial charge in [-0.3, -0.25) is 9.59 Å². The van der Waals surface area contributed by atoms with Gasteiger partial charge in [0.15, 0.2) is 0 Å². The summed E-state index contributed by atoms with van der Waals surface area (Å²) in [6.07, 6.45) is 5.32. The van der Waals surface area contributed by atoms with Gasteiger partial charge < -0.3 is 9.84 Å². The number of esters is 1. The lowest BCUT2D eigenvalue weighted by Crippen LogP contribution is -2.33. The van der Waals surface area contributed by atoms with E-state index in [9.17, 15) is 9.59 Å². The highest BCUT2D eigenvalue weighted by Crippen LogP contribution is 2.33. The summed E-state index contributed by atoms with van der Waals surface area (Å²) in [6, 6.07) is 0. The van der Waals surface area contributed by atoms with Crippen molar-refractivity contribution in [1.82, 2.24) is 0 Å². The van der Waals surface area contributed by atoms with Crippen LogP contribution in [0.15, 0.2) is 0 Å². The molecule has 2 unspecified atom stereocenters. The van der Waals surface area contributed by atoms with Crippen molar-refractivity contribution < 1.29 is 19.4 Å². The largest absolute Gasteiger partial charge is 0.481 e. The molecule has 0 spiro atoms. The Balaban J connectivity index is 4.52. The van der Waals surface area contributed by atoms with Gasteiger partial charge in [-0.25, -0.2) is 0 Å². The molecule has 0 amide bonds. The first-order chi connectivity index (χ1) is 8.37. The van der Waals surface area contributed by atoms with Crippen molar-refractivity contribution in [3.63, 3.8) is 0 Å². The number of carboxylic acid groups (broad SMARTS) is 1. The number of aliphatic carboxylic acids is 1. The molecule has 0 saturated heterocycles. The number of methoxy groups -OCH3 is 1. The topological polar surface area (TPSA) is 63.6 Å². The standard InChI is InChI=1S/C14H26O4/c1-5-6-7-8-9-14(3,13(17)18-4)10-11(2)12(15)16/h11H,5-10H2,1-4H3,(H,15,16). The SMILES string of the molecule is CCCCCCC(C)(CC(C)C(=O)O)C(=O)OC. The highest BCUT2D eigenvalue weighted by molar-refractivity contribution is 5.78. The van der Waals surface area contributed by atoms with Gasteiger partial charge in [0.1, 0.15) is 0 Å². The Kier molecular flexibility index (Phi) is 7.64. The van der Waals surface area contributed by atoms with Gasteiger partial charge >= 0.3 is 11.9 Å². The molecular formula is C14H26O4. The van der Waals surface area contributed by atoms with Gasteiger partial charge in [0.25, 0.3) is 0 Å². The summed E-state index contributed by atoms with van der Waals surface area (Å²) >= 11 is 0. The Morgan fingerprint density at radius 1 is 1.28 bits per heavy atom. The minimum atomic E-state index is -0.862. The van der Waals surface area contributed by atoms with E-state index >= 15 is 0 Å². The minimum absolute atomic E-state index is 0.299.